The molecule has 1 unspecified atom stereocenters. The first-order valence-corrected chi connectivity index (χ1v) is 11.4. The van der Waals surface area contributed by atoms with Crippen LogP contribution in [0.4, 0.5) is 5.69 Å². The summed E-state index contributed by atoms with van der Waals surface area (Å²) in [6.07, 6.45) is 0. The summed E-state index contributed by atoms with van der Waals surface area (Å²) in [6, 6.07) is 15.7. The Morgan fingerprint density at radius 3 is 2.05 bits per heavy atom. The lowest BCUT2D eigenvalue weighted by Crippen LogP contribution is -2.41. The van der Waals surface area contributed by atoms with Gasteiger partial charge in [-0.2, -0.15) is 10.5 Å². The Bertz CT molecular complexity index is 1350. The molecule has 0 amide bonds. The summed E-state index contributed by atoms with van der Waals surface area (Å²) in [7, 11) is 2.31. The van der Waals surface area contributed by atoms with Crippen LogP contribution in [0.2, 0.25) is 0 Å². The zero-order valence-electron chi connectivity index (χ0n) is 20.9. The molecule has 2 aromatic rings. The Morgan fingerprint density at radius 1 is 0.946 bits per heavy atom. The number of hydrogen-bond donors (Lipinski definition) is 1. The van der Waals surface area contributed by atoms with Crippen LogP contribution in [0.25, 0.3) is 0 Å². The lowest BCUT2D eigenvalue weighted by Gasteiger charge is -2.36. The lowest BCUT2D eigenvalue weighted by molar-refractivity contribution is -0.139. The maximum Gasteiger partial charge on any atom is 0.355 e. The number of ether oxygens (including phenoxy) is 4. The average Bonchev–Trinajstić information content (AvgIpc) is 2.92. The molecule has 0 aromatic heterocycles. The number of rotatable bonds is 8. The fraction of sp³-hybridized carbons (Fsp3) is 0.259. The van der Waals surface area contributed by atoms with Gasteiger partial charge in [-0.25, -0.2) is 9.59 Å². The zero-order chi connectivity index (χ0) is 27.1. The van der Waals surface area contributed by atoms with E-state index in [1.54, 1.807) is 44.2 Å². The van der Waals surface area contributed by atoms with E-state index in [-0.39, 0.29) is 46.3 Å². The predicted octanol–water partition coefficient (Wildman–Crippen LogP) is 3.25. The van der Waals surface area contributed by atoms with Crippen molar-refractivity contribution < 1.29 is 28.5 Å². The minimum Gasteiger partial charge on any atom is -0.490 e. The van der Waals surface area contributed by atoms with Gasteiger partial charge in [-0.1, -0.05) is 30.3 Å². The first-order chi connectivity index (χ1) is 17.9. The monoisotopic (exact) mass is 502 g/mol. The maximum atomic E-state index is 13.2. The number of carbonyl (C=O) groups is 2. The van der Waals surface area contributed by atoms with E-state index in [4.69, 9.17) is 24.7 Å². The van der Waals surface area contributed by atoms with Crippen LogP contribution in [0.1, 0.15) is 30.9 Å². The van der Waals surface area contributed by atoms with Crippen molar-refractivity contribution >= 4 is 17.6 Å². The molecule has 3 rings (SSSR count). The van der Waals surface area contributed by atoms with Gasteiger partial charge in [0.25, 0.3) is 0 Å². The van der Waals surface area contributed by atoms with Gasteiger partial charge in [0.1, 0.15) is 17.6 Å². The van der Waals surface area contributed by atoms with Gasteiger partial charge in [0, 0.05) is 12.1 Å². The van der Waals surface area contributed by atoms with Crippen LogP contribution in [0.5, 0.6) is 11.5 Å². The van der Waals surface area contributed by atoms with Crippen LogP contribution in [-0.2, 0) is 19.1 Å². The van der Waals surface area contributed by atoms with E-state index in [1.165, 1.54) is 12.1 Å². The maximum absolute atomic E-state index is 13.2. The largest absolute Gasteiger partial charge is 0.490 e. The molecule has 0 fully saturated rings. The molecule has 190 valence electrons. The second kappa shape index (κ2) is 11.6. The number of methoxy groups -OCH3 is 2. The van der Waals surface area contributed by atoms with Crippen molar-refractivity contribution in [3.63, 3.8) is 0 Å². The normalized spacial score (nSPS) is 15.0. The molecule has 1 aliphatic heterocycles. The number of benzene rings is 2. The molecule has 0 bridgehead atoms. The summed E-state index contributed by atoms with van der Waals surface area (Å²) in [5.41, 5.74) is 6.74. The van der Waals surface area contributed by atoms with Gasteiger partial charge in [0.2, 0.25) is 0 Å². The Balaban J connectivity index is 2.47. The van der Waals surface area contributed by atoms with Gasteiger partial charge in [0.05, 0.1) is 61.8 Å². The van der Waals surface area contributed by atoms with Crippen molar-refractivity contribution in [3.8, 4) is 23.6 Å². The molecule has 0 spiro atoms. The van der Waals surface area contributed by atoms with Crippen molar-refractivity contribution in [1.29, 1.82) is 10.5 Å². The number of nitriles is 2. The smallest absolute Gasteiger partial charge is 0.355 e. The van der Waals surface area contributed by atoms with E-state index in [2.05, 4.69) is 12.1 Å². The van der Waals surface area contributed by atoms with Crippen LogP contribution in [0.3, 0.4) is 0 Å². The molecule has 0 aliphatic carbocycles. The SMILES string of the molecule is CCOc1cc(C#N)c(N2C(N)=C(C#N)C(c3ccccc3)C(C(=O)OC)=C2C(=O)OC)cc1OCC. The topological polar surface area (TPSA) is 148 Å². The molecular weight excluding hydrogens is 476 g/mol. The van der Waals surface area contributed by atoms with Crippen molar-refractivity contribution in [3.05, 3.63) is 76.3 Å². The highest BCUT2D eigenvalue weighted by Crippen LogP contribution is 2.45. The number of nitrogens with zero attached hydrogens (tertiary/aromatic N) is 3. The summed E-state index contributed by atoms with van der Waals surface area (Å²) in [5, 5.41) is 20.2. The molecule has 10 nitrogen and oxygen atoms in total. The van der Waals surface area contributed by atoms with Gasteiger partial charge >= 0.3 is 11.9 Å². The predicted molar refractivity (Wildman–Crippen MR) is 133 cm³/mol. The van der Waals surface area contributed by atoms with Crippen LogP contribution < -0.4 is 20.1 Å². The number of nitrogens with two attached hydrogens (primary N) is 1. The molecule has 2 N–H and O–H groups in total. The van der Waals surface area contributed by atoms with Crippen molar-refractivity contribution in [2.24, 2.45) is 5.73 Å². The molecule has 1 atom stereocenters. The Hall–Kier alpha value is -4.96. The molecule has 10 heteroatoms. The second-order valence-corrected chi connectivity index (χ2v) is 7.63. The first-order valence-electron chi connectivity index (χ1n) is 11.4. The number of anilines is 1. The van der Waals surface area contributed by atoms with Crippen molar-refractivity contribution in [2.45, 2.75) is 19.8 Å². The summed E-state index contributed by atoms with van der Waals surface area (Å²) in [6.45, 7) is 4.15. The third kappa shape index (κ3) is 4.91. The minimum absolute atomic E-state index is 0.0185. The van der Waals surface area contributed by atoms with Crippen molar-refractivity contribution in [1.82, 2.24) is 0 Å². The van der Waals surface area contributed by atoms with E-state index >= 15 is 0 Å². The molecule has 0 radical (unpaired) electrons. The van der Waals surface area contributed by atoms with E-state index in [1.807, 2.05) is 0 Å². The first kappa shape index (κ1) is 26.6. The lowest BCUT2D eigenvalue weighted by atomic mass is 9.80. The summed E-state index contributed by atoms with van der Waals surface area (Å²) in [5.74, 6) is -2.38. The van der Waals surface area contributed by atoms with Gasteiger partial charge < -0.3 is 24.7 Å². The third-order valence-corrected chi connectivity index (χ3v) is 5.63. The summed E-state index contributed by atoms with van der Waals surface area (Å²) in [4.78, 5) is 27.6. The van der Waals surface area contributed by atoms with Crippen LogP contribution >= 0.6 is 0 Å². The Morgan fingerprint density at radius 2 is 1.54 bits per heavy atom. The molecule has 0 saturated carbocycles. The Kier molecular flexibility index (Phi) is 8.39. The van der Waals surface area contributed by atoms with E-state index in [0.29, 0.717) is 17.9 Å². The molecule has 0 saturated heterocycles. The summed E-state index contributed by atoms with van der Waals surface area (Å²) < 4.78 is 21.4. The minimum atomic E-state index is -1.02. The molecule has 2 aromatic carbocycles. The fourth-order valence-electron chi connectivity index (χ4n) is 4.12. The average molecular weight is 503 g/mol. The highest BCUT2D eigenvalue weighted by atomic mass is 16.5. The zero-order valence-corrected chi connectivity index (χ0v) is 20.9. The number of carbonyl (C=O) groups excluding carboxylic acids is 2. The highest BCUT2D eigenvalue weighted by molar-refractivity contribution is 6.06. The summed E-state index contributed by atoms with van der Waals surface area (Å²) >= 11 is 0. The quantitative estimate of drug-likeness (QED) is 0.533. The van der Waals surface area contributed by atoms with E-state index in [0.717, 1.165) is 19.1 Å². The fourth-order valence-corrected chi connectivity index (χ4v) is 4.12. The molecule has 1 heterocycles. The van der Waals surface area contributed by atoms with Gasteiger partial charge in [-0.05, 0) is 19.4 Å². The van der Waals surface area contributed by atoms with E-state index < -0.39 is 17.9 Å². The van der Waals surface area contributed by atoms with Crippen molar-refractivity contribution in [2.75, 3.05) is 32.3 Å². The van der Waals surface area contributed by atoms with Gasteiger partial charge in [0.15, 0.2) is 11.5 Å². The molecule has 37 heavy (non-hydrogen) atoms. The number of esters is 2. The van der Waals surface area contributed by atoms with Gasteiger partial charge in [-0.3, -0.25) is 4.90 Å². The van der Waals surface area contributed by atoms with Crippen LogP contribution in [0.15, 0.2) is 65.1 Å². The van der Waals surface area contributed by atoms with Gasteiger partial charge in [-0.15, -0.1) is 0 Å². The highest BCUT2D eigenvalue weighted by Gasteiger charge is 2.43. The third-order valence-electron chi connectivity index (χ3n) is 5.63. The van der Waals surface area contributed by atoms with Crippen LogP contribution in [-0.4, -0.2) is 39.4 Å². The Labute approximate surface area is 214 Å². The number of hydrogen-bond acceptors (Lipinski definition) is 10. The molecule has 1 aliphatic rings. The standard InChI is InChI=1S/C27H26N4O6/c1-5-36-20-12-17(14-28)19(13-21(20)37-6-2)31-24(27(33)35-4)23(26(32)34-3)22(18(15-29)25(31)30)16-10-8-7-9-11-16/h7-13,22H,5-6,30H2,1-4H3. The number of allylic oxidation sites excluding steroid dienone is 1. The van der Waals surface area contributed by atoms with E-state index in [9.17, 15) is 20.1 Å². The molecular formula is C27H26N4O6. The van der Waals surface area contributed by atoms with Crippen LogP contribution in [0, 0.1) is 22.7 Å². The second-order valence-electron chi connectivity index (χ2n) is 7.63.